The smallest absolute Gasteiger partial charge is 0.305 e. The molecule has 16 heavy (non-hydrogen) atoms. The van der Waals surface area contributed by atoms with Crippen molar-refractivity contribution >= 4 is 11.7 Å². The lowest BCUT2D eigenvalue weighted by Crippen LogP contribution is -2.12. The van der Waals surface area contributed by atoms with Crippen LogP contribution >= 0.6 is 0 Å². The molecule has 1 N–H and O–H groups in total. The van der Waals surface area contributed by atoms with Crippen LogP contribution in [0.1, 0.15) is 24.0 Å². The lowest BCUT2D eigenvalue weighted by molar-refractivity contribution is -0.140. The van der Waals surface area contributed by atoms with Gasteiger partial charge >= 0.3 is 5.97 Å². The molecule has 2 rings (SSSR count). The first-order valence-corrected chi connectivity index (χ1v) is 5.72. The van der Waals surface area contributed by atoms with Gasteiger partial charge in [0, 0.05) is 18.7 Å². The van der Waals surface area contributed by atoms with Crippen LogP contribution in [0.4, 0.5) is 5.69 Å². The molecule has 1 aliphatic heterocycles. The van der Waals surface area contributed by atoms with Crippen molar-refractivity contribution in [3.8, 4) is 0 Å². The van der Waals surface area contributed by atoms with Gasteiger partial charge < -0.3 is 10.1 Å². The predicted molar refractivity (Wildman–Crippen MR) is 63.6 cm³/mol. The van der Waals surface area contributed by atoms with E-state index in [1.807, 2.05) is 0 Å². The number of carbonyl (C=O) groups is 1. The number of hydrogen-bond donors (Lipinski definition) is 1. The highest BCUT2D eigenvalue weighted by molar-refractivity contribution is 5.69. The topological polar surface area (TPSA) is 38.3 Å². The number of methoxy groups -OCH3 is 1. The molecule has 0 atom stereocenters. The van der Waals surface area contributed by atoms with E-state index in [0.29, 0.717) is 6.42 Å². The monoisotopic (exact) mass is 219 g/mol. The molecule has 86 valence electrons. The zero-order valence-corrected chi connectivity index (χ0v) is 9.58. The molecule has 1 aliphatic rings. The van der Waals surface area contributed by atoms with Gasteiger partial charge in [-0.1, -0.05) is 12.1 Å². The summed E-state index contributed by atoms with van der Waals surface area (Å²) in [5.74, 6) is -0.143. The van der Waals surface area contributed by atoms with Gasteiger partial charge in [-0.25, -0.2) is 0 Å². The quantitative estimate of drug-likeness (QED) is 0.792. The number of hydrogen-bond acceptors (Lipinski definition) is 3. The second-order valence-electron chi connectivity index (χ2n) is 4.10. The Morgan fingerprint density at radius 3 is 3.19 bits per heavy atom. The number of fused-ring (bicyclic) bond motifs is 1. The first-order chi connectivity index (χ1) is 7.79. The molecule has 0 radical (unpaired) electrons. The molecule has 0 aromatic heterocycles. The molecule has 1 aromatic carbocycles. The van der Waals surface area contributed by atoms with Crippen molar-refractivity contribution in [1.82, 2.24) is 0 Å². The molecule has 0 saturated heterocycles. The molecule has 0 aliphatic carbocycles. The van der Waals surface area contributed by atoms with Gasteiger partial charge in [-0.15, -0.1) is 0 Å². The van der Waals surface area contributed by atoms with E-state index in [9.17, 15) is 4.79 Å². The van der Waals surface area contributed by atoms with Crippen molar-refractivity contribution in [2.24, 2.45) is 0 Å². The Hall–Kier alpha value is -1.51. The van der Waals surface area contributed by atoms with Gasteiger partial charge in [0.05, 0.1) is 7.11 Å². The van der Waals surface area contributed by atoms with Gasteiger partial charge in [0.2, 0.25) is 0 Å². The minimum Gasteiger partial charge on any atom is -0.469 e. The third-order valence-corrected chi connectivity index (χ3v) is 2.95. The standard InChI is InChI=1S/C13H17NO2/c1-16-13(15)7-5-10-4-6-12-11(9-10)3-2-8-14-12/h4,6,9,14H,2-3,5,7-8H2,1H3. The fourth-order valence-corrected chi connectivity index (χ4v) is 2.03. The molecular formula is C13H17NO2. The van der Waals surface area contributed by atoms with Gasteiger partial charge in [0.25, 0.3) is 0 Å². The summed E-state index contributed by atoms with van der Waals surface area (Å²) in [5.41, 5.74) is 3.83. The second-order valence-corrected chi connectivity index (χ2v) is 4.10. The van der Waals surface area contributed by atoms with E-state index >= 15 is 0 Å². The van der Waals surface area contributed by atoms with Crippen molar-refractivity contribution in [2.75, 3.05) is 19.0 Å². The van der Waals surface area contributed by atoms with Gasteiger partial charge in [0.1, 0.15) is 0 Å². The van der Waals surface area contributed by atoms with E-state index in [1.165, 1.54) is 30.3 Å². The van der Waals surface area contributed by atoms with Crippen LogP contribution in [-0.4, -0.2) is 19.6 Å². The number of rotatable bonds is 3. The lowest BCUT2D eigenvalue weighted by Gasteiger charge is -2.18. The average Bonchev–Trinajstić information content (AvgIpc) is 2.35. The minimum atomic E-state index is -0.143. The number of anilines is 1. The summed E-state index contributed by atoms with van der Waals surface area (Å²) in [6, 6.07) is 6.39. The normalized spacial score (nSPS) is 13.8. The first-order valence-electron chi connectivity index (χ1n) is 5.72. The molecule has 1 aromatic rings. The van der Waals surface area contributed by atoms with Crippen molar-refractivity contribution < 1.29 is 9.53 Å². The van der Waals surface area contributed by atoms with Crippen LogP contribution in [-0.2, 0) is 22.4 Å². The van der Waals surface area contributed by atoms with E-state index in [4.69, 9.17) is 0 Å². The van der Waals surface area contributed by atoms with Crippen molar-refractivity contribution in [1.29, 1.82) is 0 Å². The number of benzene rings is 1. The SMILES string of the molecule is COC(=O)CCc1ccc2c(c1)CCCN2. The fraction of sp³-hybridized carbons (Fsp3) is 0.462. The number of nitrogens with one attached hydrogen (secondary N) is 1. The minimum absolute atomic E-state index is 0.143. The molecule has 3 nitrogen and oxygen atoms in total. The Balaban J connectivity index is 2.03. The molecule has 1 heterocycles. The van der Waals surface area contributed by atoms with E-state index in [0.717, 1.165) is 19.4 Å². The molecule has 0 bridgehead atoms. The predicted octanol–water partition coefficient (Wildman–Crippen LogP) is 2.15. The Kier molecular flexibility index (Phi) is 3.44. The summed E-state index contributed by atoms with van der Waals surface area (Å²) >= 11 is 0. The van der Waals surface area contributed by atoms with Crippen molar-refractivity contribution in [3.05, 3.63) is 29.3 Å². The van der Waals surface area contributed by atoms with Crippen LogP contribution in [0.3, 0.4) is 0 Å². The van der Waals surface area contributed by atoms with Crippen LogP contribution in [0, 0.1) is 0 Å². The number of aryl methyl sites for hydroxylation is 2. The van der Waals surface area contributed by atoms with Gasteiger partial charge in [-0.2, -0.15) is 0 Å². The Morgan fingerprint density at radius 2 is 2.38 bits per heavy atom. The van der Waals surface area contributed by atoms with E-state index in [2.05, 4.69) is 28.3 Å². The highest BCUT2D eigenvalue weighted by Crippen LogP contribution is 2.23. The van der Waals surface area contributed by atoms with Crippen LogP contribution in [0.25, 0.3) is 0 Å². The summed E-state index contributed by atoms with van der Waals surface area (Å²) in [7, 11) is 1.43. The number of carbonyl (C=O) groups excluding carboxylic acids is 1. The van der Waals surface area contributed by atoms with Crippen LogP contribution in [0.15, 0.2) is 18.2 Å². The molecular weight excluding hydrogens is 202 g/mol. The largest absolute Gasteiger partial charge is 0.469 e. The summed E-state index contributed by atoms with van der Waals surface area (Å²) in [6.07, 6.45) is 3.55. The average molecular weight is 219 g/mol. The molecule has 0 saturated carbocycles. The first kappa shape index (κ1) is 11.0. The van der Waals surface area contributed by atoms with E-state index in [1.54, 1.807) is 0 Å². The summed E-state index contributed by atoms with van der Waals surface area (Å²) in [5, 5.41) is 3.37. The van der Waals surface area contributed by atoms with Gasteiger partial charge in [-0.05, 0) is 36.5 Å². The maximum absolute atomic E-state index is 11.0. The number of ether oxygens (including phenoxy) is 1. The molecule has 0 amide bonds. The fourth-order valence-electron chi connectivity index (χ4n) is 2.03. The molecule has 0 fully saturated rings. The van der Waals surface area contributed by atoms with Gasteiger partial charge in [0.15, 0.2) is 0 Å². The molecule has 3 heteroatoms. The van der Waals surface area contributed by atoms with E-state index in [-0.39, 0.29) is 5.97 Å². The number of esters is 1. The summed E-state index contributed by atoms with van der Waals surface area (Å²) in [4.78, 5) is 11.0. The summed E-state index contributed by atoms with van der Waals surface area (Å²) < 4.78 is 4.63. The maximum Gasteiger partial charge on any atom is 0.305 e. The Morgan fingerprint density at radius 1 is 1.50 bits per heavy atom. The molecule has 0 unspecified atom stereocenters. The highest BCUT2D eigenvalue weighted by atomic mass is 16.5. The lowest BCUT2D eigenvalue weighted by atomic mass is 9.99. The second kappa shape index (κ2) is 5.01. The third-order valence-electron chi connectivity index (χ3n) is 2.95. The summed E-state index contributed by atoms with van der Waals surface area (Å²) in [6.45, 7) is 1.06. The Labute approximate surface area is 95.8 Å². The maximum atomic E-state index is 11.0. The van der Waals surface area contributed by atoms with Crippen LogP contribution in [0.2, 0.25) is 0 Å². The van der Waals surface area contributed by atoms with Crippen LogP contribution in [0.5, 0.6) is 0 Å². The van der Waals surface area contributed by atoms with Crippen molar-refractivity contribution in [3.63, 3.8) is 0 Å². The van der Waals surface area contributed by atoms with E-state index < -0.39 is 0 Å². The van der Waals surface area contributed by atoms with Gasteiger partial charge in [-0.3, -0.25) is 4.79 Å². The zero-order valence-electron chi connectivity index (χ0n) is 9.58. The Bertz CT molecular complexity index is 388. The highest BCUT2D eigenvalue weighted by Gasteiger charge is 2.09. The van der Waals surface area contributed by atoms with Crippen LogP contribution < -0.4 is 5.32 Å². The zero-order chi connectivity index (χ0) is 11.4. The molecule has 0 spiro atoms. The van der Waals surface area contributed by atoms with Crippen molar-refractivity contribution in [2.45, 2.75) is 25.7 Å². The third kappa shape index (κ3) is 2.54.